The predicted octanol–water partition coefficient (Wildman–Crippen LogP) is 7.07. The Balaban J connectivity index is 2.53. The number of hydrogen-bond donors (Lipinski definition) is 1. The highest BCUT2D eigenvalue weighted by molar-refractivity contribution is 7.83. The summed E-state index contributed by atoms with van der Waals surface area (Å²) in [5.41, 5.74) is 4.92. The van der Waals surface area contributed by atoms with Crippen molar-refractivity contribution in [3.05, 3.63) is 64.7 Å². The minimum absolute atomic E-state index is 0.0480. The fraction of sp³-hybridized carbons (Fsp3) is 0.520. The van der Waals surface area contributed by atoms with Crippen LogP contribution in [0.3, 0.4) is 0 Å². The van der Waals surface area contributed by atoms with E-state index in [-0.39, 0.29) is 6.04 Å². The largest absolute Gasteiger partial charge is 0.237 e. The Morgan fingerprint density at radius 2 is 1.21 bits per heavy atom. The molecular formula is C25H37NOS. The van der Waals surface area contributed by atoms with Crippen LogP contribution in [0.2, 0.25) is 0 Å². The van der Waals surface area contributed by atoms with Crippen LogP contribution >= 0.6 is 0 Å². The fourth-order valence-corrected chi connectivity index (χ4v) is 5.30. The van der Waals surface area contributed by atoms with Crippen molar-refractivity contribution >= 4 is 11.0 Å². The summed E-state index contributed by atoms with van der Waals surface area (Å²) in [5.74, 6) is 1.45. The smallest absolute Gasteiger partial charge is 0.126 e. The summed E-state index contributed by atoms with van der Waals surface area (Å²) in [6.07, 6.45) is 0. The third kappa shape index (κ3) is 5.33. The molecule has 0 radical (unpaired) electrons. The van der Waals surface area contributed by atoms with Crippen molar-refractivity contribution < 1.29 is 4.21 Å². The molecule has 1 N–H and O–H groups in total. The van der Waals surface area contributed by atoms with E-state index in [1.54, 1.807) is 0 Å². The minimum Gasteiger partial charge on any atom is -0.237 e. The summed E-state index contributed by atoms with van der Waals surface area (Å²) in [4.78, 5) is 0.982. The molecule has 2 atom stereocenters. The van der Waals surface area contributed by atoms with Gasteiger partial charge in [0.25, 0.3) is 0 Å². The van der Waals surface area contributed by atoms with Crippen molar-refractivity contribution in [1.29, 1.82) is 0 Å². The van der Waals surface area contributed by atoms with Crippen molar-refractivity contribution in [3.63, 3.8) is 0 Å². The van der Waals surface area contributed by atoms with Crippen LogP contribution in [0, 0.1) is 5.92 Å². The summed E-state index contributed by atoms with van der Waals surface area (Å²) in [5, 5.41) is 0. The van der Waals surface area contributed by atoms with E-state index in [0.29, 0.717) is 23.7 Å². The molecule has 0 fully saturated rings. The molecule has 0 spiro atoms. The van der Waals surface area contributed by atoms with Crippen LogP contribution in [0.4, 0.5) is 0 Å². The molecule has 0 bridgehead atoms. The summed E-state index contributed by atoms with van der Waals surface area (Å²) in [6.45, 7) is 17.6. The van der Waals surface area contributed by atoms with Gasteiger partial charge in [-0.1, -0.05) is 97.9 Å². The lowest BCUT2D eigenvalue weighted by Crippen LogP contribution is -2.29. The molecule has 1 unspecified atom stereocenters. The SMILES string of the molecule is CC(C)c1cc(C(C)C)c(S(=O)N[C@@H](c2ccccc2)C(C)C)c(C(C)C)c1. The zero-order chi connectivity index (χ0) is 21.0. The van der Waals surface area contributed by atoms with Crippen LogP contribution in [0.25, 0.3) is 0 Å². The zero-order valence-electron chi connectivity index (χ0n) is 18.7. The van der Waals surface area contributed by atoms with E-state index in [2.05, 4.69) is 84.4 Å². The van der Waals surface area contributed by atoms with Crippen molar-refractivity contribution in [1.82, 2.24) is 4.72 Å². The van der Waals surface area contributed by atoms with Gasteiger partial charge in [0.2, 0.25) is 0 Å². The van der Waals surface area contributed by atoms with E-state index in [9.17, 15) is 4.21 Å². The third-order valence-corrected chi connectivity index (χ3v) is 6.63. The first-order valence-electron chi connectivity index (χ1n) is 10.5. The summed E-state index contributed by atoms with van der Waals surface area (Å²) in [7, 11) is -1.27. The Kier molecular flexibility index (Phi) is 8.03. The highest BCUT2D eigenvalue weighted by Gasteiger charge is 2.25. The highest BCUT2D eigenvalue weighted by atomic mass is 32.2. The zero-order valence-corrected chi connectivity index (χ0v) is 19.6. The average Bonchev–Trinajstić information content (AvgIpc) is 2.64. The molecule has 0 heterocycles. The van der Waals surface area contributed by atoms with Gasteiger partial charge < -0.3 is 0 Å². The topological polar surface area (TPSA) is 29.1 Å². The molecule has 0 aromatic heterocycles. The first-order valence-corrected chi connectivity index (χ1v) is 11.7. The molecule has 2 aromatic rings. The van der Waals surface area contributed by atoms with Crippen molar-refractivity contribution in [2.24, 2.45) is 5.92 Å². The molecule has 0 saturated carbocycles. The van der Waals surface area contributed by atoms with Crippen LogP contribution in [-0.2, 0) is 11.0 Å². The van der Waals surface area contributed by atoms with Crippen LogP contribution in [-0.4, -0.2) is 4.21 Å². The van der Waals surface area contributed by atoms with Crippen LogP contribution in [0.1, 0.15) is 101 Å². The predicted molar refractivity (Wildman–Crippen MR) is 122 cm³/mol. The van der Waals surface area contributed by atoms with Gasteiger partial charge in [-0.2, -0.15) is 0 Å². The lowest BCUT2D eigenvalue weighted by molar-refractivity contribution is 0.478. The summed E-state index contributed by atoms with van der Waals surface area (Å²) < 4.78 is 17.1. The maximum atomic E-state index is 13.7. The van der Waals surface area contributed by atoms with Crippen LogP contribution < -0.4 is 4.72 Å². The molecule has 2 aromatic carbocycles. The molecule has 2 rings (SSSR count). The van der Waals surface area contributed by atoms with Crippen LogP contribution in [0.15, 0.2) is 47.4 Å². The van der Waals surface area contributed by atoms with Gasteiger partial charge in [0.15, 0.2) is 0 Å². The number of rotatable bonds is 8. The van der Waals surface area contributed by atoms with E-state index < -0.39 is 11.0 Å². The van der Waals surface area contributed by atoms with Gasteiger partial charge in [0.1, 0.15) is 11.0 Å². The first kappa shape index (κ1) is 22.8. The number of nitrogens with one attached hydrogen (secondary N) is 1. The Bertz CT molecular complexity index is 764. The van der Waals surface area contributed by atoms with E-state index >= 15 is 0 Å². The number of benzene rings is 2. The number of hydrogen-bond acceptors (Lipinski definition) is 1. The Morgan fingerprint density at radius 3 is 1.61 bits per heavy atom. The summed E-state index contributed by atoms with van der Waals surface area (Å²) in [6, 6.07) is 14.9. The van der Waals surface area contributed by atoms with Gasteiger partial charge >= 0.3 is 0 Å². The molecular weight excluding hydrogens is 362 g/mol. The average molecular weight is 400 g/mol. The summed E-state index contributed by atoms with van der Waals surface area (Å²) >= 11 is 0. The Morgan fingerprint density at radius 1 is 0.714 bits per heavy atom. The van der Waals surface area contributed by atoms with Gasteiger partial charge in [0, 0.05) is 6.04 Å². The molecule has 0 amide bonds. The lowest BCUT2D eigenvalue weighted by atomic mass is 9.89. The molecule has 0 aliphatic rings. The van der Waals surface area contributed by atoms with Gasteiger partial charge in [-0.05, 0) is 45.9 Å². The lowest BCUT2D eigenvalue weighted by Gasteiger charge is -2.26. The normalized spacial score (nSPS) is 14.3. The molecule has 154 valence electrons. The molecule has 0 saturated heterocycles. The van der Waals surface area contributed by atoms with Crippen molar-refractivity contribution in [3.8, 4) is 0 Å². The second-order valence-electron chi connectivity index (χ2n) is 9.01. The van der Waals surface area contributed by atoms with E-state index in [1.165, 1.54) is 22.3 Å². The van der Waals surface area contributed by atoms with Gasteiger partial charge in [-0.25, -0.2) is 8.93 Å². The van der Waals surface area contributed by atoms with E-state index in [0.717, 1.165) is 4.90 Å². The second kappa shape index (κ2) is 9.84. The van der Waals surface area contributed by atoms with Gasteiger partial charge in [-0.15, -0.1) is 0 Å². The quantitative estimate of drug-likeness (QED) is 0.505. The molecule has 0 aliphatic heterocycles. The van der Waals surface area contributed by atoms with E-state index in [1.807, 2.05) is 18.2 Å². The van der Waals surface area contributed by atoms with Gasteiger partial charge in [0.05, 0.1) is 4.90 Å². The van der Waals surface area contributed by atoms with Crippen molar-refractivity contribution in [2.45, 2.75) is 84.1 Å². The monoisotopic (exact) mass is 399 g/mol. The standard InChI is InChI=1S/C25H37NOS/c1-16(2)21-14-22(17(3)4)25(23(15-21)18(5)6)28(27)26-24(19(7)8)20-12-10-9-11-13-20/h9-19,24,26H,1-8H3/t24-,28?/m1/s1. The van der Waals surface area contributed by atoms with Crippen LogP contribution in [0.5, 0.6) is 0 Å². The van der Waals surface area contributed by atoms with E-state index in [4.69, 9.17) is 0 Å². The fourth-order valence-electron chi connectivity index (χ4n) is 3.53. The maximum absolute atomic E-state index is 13.7. The molecule has 3 heteroatoms. The van der Waals surface area contributed by atoms with Gasteiger partial charge in [-0.3, -0.25) is 0 Å². The maximum Gasteiger partial charge on any atom is 0.126 e. The minimum atomic E-state index is -1.27. The van der Waals surface area contributed by atoms with Crippen molar-refractivity contribution in [2.75, 3.05) is 0 Å². The highest BCUT2D eigenvalue weighted by Crippen LogP contribution is 2.35. The Hall–Kier alpha value is -1.45. The molecule has 28 heavy (non-hydrogen) atoms. The first-order chi connectivity index (χ1) is 13.1. The third-order valence-electron chi connectivity index (χ3n) is 5.32. The molecule has 0 aliphatic carbocycles. The Labute approximate surface area is 174 Å². The second-order valence-corrected chi connectivity index (χ2v) is 10.2. The molecule has 2 nitrogen and oxygen atoms in total.